The van der Waals surface area contributed by atoms with Gasteiger partial charge in [0.15, 0.2) is 0 Å². The van der Waals surface area contributed by atoms with Gasteiger partial charge in [-0.3, -0.25) is 4.79 Å². The SMILES string of the molecule is Cc1nn(COCC[Si](C)(C)C)c(C)c1-c1ccc(NC(=O)C(N)C2CCCCC2)cc1. The summed E-state index contributed by atoms with van der Waals surface area (Å²) in [6.07, 6.45) is 5.72. The molecule has 1 amide bonds. The van der Waals surface area contributed by atoms with Crippen molar-refractivity contribution in [2.45, 2.75) is 84.4 Å². The van der Waals surface area contributed by atoms with Gasteiger partial charge in [0.25, 0.3) is 0 Å². The summed E-state index contributed by atoms with van der Waals surface area (Å²) in [6, 6.07) is 8.68. The molecule has 1 aliphatic carbocycles. The monoisotopic (exact) mass is 456 g/mol. The number of anilines is 1. The third kappa shape index (κ3) is 6.53. The van der Waals surface area contributed by atoms with E-state index in [0.29, 0.717) is 12.6 Å². The molecular formula is C25H40N4O2Si. The van der Waals surface area contributed by atoms with E-state index in [4.69, 9.17) is 10.5 Å². The van der Waals surface area contributed by atoms with Crippen LogP contribution in [0.25, 0.3) is 11.1 Å². The highest BCUT2D eigenvalue weighted by Gasteiger charge is 2.26. The predicted octanol–water partition coefficient (Wildman–Crippen LogP) is 5.33. The molecule has 0 saturated heterocycles. The van der Waals surface area contributed by atoms with Crippen molar-refractivity contribution in [3.05, 3.63) is 35.7 Å². The lowest BCUT2D eigenvalue weighted by atomic mass is 9.84. The summed E-state index contributed by atoms with van der Waals surface area (Å²) < 4.78 is 7.83. The fourth-order valence-electron chi connectivity index (χ4n) is 4.42. The number of nitrogens with two attached hydrogens (primary N) is 1. The van der Waals surface area contributed by atoms with Gasteiger partial charge in [-0.1, -0.05) is 51.0 Å². The maximum Gasteiger partial charge on any atom is 0.241 e. The molecule has 1 aromatic carbocycles. The van der Waals surface area contributed by atoms with Crippen molar-refractivity contribution in [2.24, 2.45) is 11.7 Å². The molecule has 1 heterocycles. The van der Waals surface area contributed by atoms with E-state index in [-0.39, 0.29) is 5.91 Å². The number of rotatable bonds is 9. The largest absolute Gasteiger partial charge is 0.360 e. The number of hydrogen-bond acceptors (Lipinski definition) is 4. The lowest BCUT2D eigenvalue weighted by Gasteiger charge is -2.26. The average molecular weight is 457 g/mol. The van der Waals surface area contributed by atoms with Crippen molar-refractivity contribution >= 4 is 19.7 Å². The second-order valence-corrected chi connectivity index (χ2v) is 16.0. The van der Waals surface area contributed by atoms with E-state index in [0.717, 1.165) is 53.7 Å². The maximum atomic E-state index is 12.6. The first kappa shape index (κ1) is 24.7. The Labute approximate surface area is 193 Å². The molecule has 1 atom stereocenters. The van der Waals surface area contributed by atoms with Gasteiger partial charge in [-0.15, -0.1) is 0 Å². The summed E-state index contributed by atoms with van der Waals surface area (Å²) in [6.45, 7) is 12.4. The number of carbonyl (C=O) groups is 1. The number of nitrogens with zero attached hydrogens (tertiary/aromatic N) is 2. The Bertz CT molecular complexity index is 896. The van der Waals surface area contributed by atoms with Crippen LogP contribution in [-0.2, 0) is 16.3 Å². The fourth-order valence-corrected chi connectivity index (χ4v) is 5.18. The number of aromatic nitrogens is 2. The molecule has 3 N–H and O–H groups in total. The molecule has 0 aliphatic heterocycles. The first-order chi connectivity index (χ1) is 15.2. The Balaban J connectivity index is 1.61. The van der Waals surface area contributed by atoms with E-state index in [1.807, 2.05) is 35.9 Å². The standard InChI is InChI=1S/C25H40N4O2Si/c1-18-23(19(2)29(28-18)17-31-15-16-32(3,4)5)20-11-13-22(14-12-20)27-25(30)24(26)21-9-7-6-8-10-21/h11-14,21,24H,6-10,15-17,26H2,1-5H3,(H,27,30). The summed E-state index contributed by atoms with van der Waals surface area (Å²) in [7, 11) is -1.09. The highest BCUT2D eigenvalue weighted by molar-refractivity contribution is 6.76. The summed E-state index contributed by atoms with van der Waals surface area (Å²) >= 11 is 0. The number of aryl methyl sites for hydroxylation is 1. The van der Waals surface area contributed by atoms with Crippen LogP contribution < -0.4 is 11.1 Å². The number of ether oxygens (including phenoxy) is 1. The van der Waals surface area contributed by atoms with Crippen LogP contribution >= 0.6 is 0 Å². The molecule has 0 spiro atoms. The van der Waals surface area contributed by atoms with E-state index in [1.165, 1.54) is 19.3 Å². The Morgan fingerprint density at radius 1 is 1.19 bits per heavy atom. The van der Waals surface area contributed by atoms with Crippen LogP contribution in [0, 0.1) is 19.8 Å². The Hall–Kier alpha value is -1.96. The summed E-state index contributed by atoms with van der Waals surface area (Å²) in [5.74, 6) is 0.215. The molecule has 0 bridgehead atoms. The van der Waals surface area contributed by atoms with E-state index in [1.54, 1.807) is 0 Å². The Morgan fingerprint density at radius 2 is 1.84 bits per heavy atom. The molecule has 0 radical (unpaired) electrons. The van der Waals surface area contributed by atoms with Gasteiger partial charge in [-0.05, 0) is 56.3 Å². The predicted molar refractivity (Wildman–Crippen MR) is 134 cm³/mol. The minimum Gasteiger partial charge on any atom is -0.360 e. The molecule has 1 saturated carbocycles. The summed E-state index contributed by atoms with van der Waals surface area (Å²) in [5, 5.41) is 7.68. The Kier molecular flexibility index (Phi) is 8.30. The third-order valence-corrected chi connectivity index (χ3v) is 8.20. The number of amides is 1. The van der Waals surface area contributed by atoms with Crippen LogP contribution in [0.15, 0.2) is 24.3 Å². The molecule has 2 aromatic rings. The first-order valence-corrected chi connectivity index (χ1v) is 15.6. The van der Waals surface area contributed by atoms with Crippen molar-refractivity contribution < 1.29 is 9.53 Å². The fraction of sp³-hybridized carbons (Fsp3) is 0.600. The number of benzene rings is 1. The van der Waals surface area contributed by atoms with Gasteiger partial charge in [0.05, 0.1) is 11.7 Å². The van der Waals surface area contributed by atoms with Gasteiger partial charge in [0, 0.05) is 31.6 Å². The highest BCUT2D eigenvalue weighted by atomic mass is 28.3. The second kappa shape index (κ2) is 10.8. The lowest BCUT2D eigenvalue weighted by molar-refractivity contribution is -0.118. The number of carbonyl (C=O) groups excluding carboxylic acids is 1. The highest BCUT2D eigenvalue weighted by Crippen LogP contribution is 2.29. The average Bonchev–Trinajstić information content (AvgIpc) is 3.04. The third-order valence-electron chi connectivity index (χ3n) is 6.49. The van der Waals surface area contributed by atoms with E-state index in [2.05, 4.69) is 37.0 Å². The summed E-state index contributed by atoms with van der Waals surface area (Å²) in [5.41, 5.74) is 11.3. The quantitative estimate of drug-likeness (QED) is 0.395. The molecule has 1 unspecified atom stereocenters. The zero-order valence-corrected chi connectivity index (χ0v) is 21.4. The zero-order valence-electron chi connectivity index (χ0n) is 20.4. The van der Waals surface area contributed by atoms with Crippen LogP contribution in [0.2, 0.25) is 25.7 Å². The van der Waals surface area contributed by atoms with Crippen LogP contribution in [0.4, 0.5) is 5.69 Å². The van der Waals surface area contributed by atoms with Gasteiger partial charge < -0.3 is 15.8 Å². The van der Waals surface area contributed by atoms with Crippen LogP contribution in [0.5, 0.6) is 0 Å². The van der Waals surface area contributed by atoms with Crippen molar-refractivity contribution in [3.8, 4) is 11.1 Å². The van der Waals surface area contributed by atoms with Crippen molar-refractivity contribution in [2.75, 3.05) is 11.9 Å². The summed E-state index contributed by atoms with van der Waals surface area (Å²) in [4.78, 5) is 12.6. The zero-order chi connectivity index (χ0) is 23.3. The van der Waals surface area contributed by atoms with E-state index in [9.17, 15) is 4.79 Å². The second-order valence-electron chi connectivity index (χ2n) is 10.4. The van der Waals surface area contributed by atoms with Gasteiger partial charge in [0.1, 0.15) is 6.73 Å². The topological polar surface area (TPSA) is 82.2 Å². The van der Waals surface area contributed by atoms with Crippen LogP contribution in [-0.4, -0.2) is 36.4 Å². The first-order valence-electron chi connectivity index (χ1n) is 11.9. The van der Waals surface area contributed by atoms with Gasteiger partial charge in [0.2, 0.25) is 5.91 Å². The number of nitrogens with one attached hydrogen (secondary N) is 1. The molecule has 1 aromatic heterocycles. The van der Waals surface area contributed by atoms with Crippen molar-refractivity contribution in [3.63, 3.8) is 0 Å². The smallest absolute Gasteiger partial charge is 0.241 e. The molecule has 6 nitrogen and oxygen atoms in total. The molecule has 1 aliphatic rings. The minimum atomic E-state index is -1.09. The molecule has 1 fully saturated rings. The lowest BCUT2D eigenvalue weighted by Crippen LogP contribution is -2.42. The van der Waals surface area contributed by atoms with Crippen LogP contribution in [0.3, 0.4) is 0 Å². The number of hydrogen-bond donors (Lipinski definition) is 2. The van der Waals surface area contributed by atoms with Gasteiger partial charge in [-0.25, -0.2) is 4.68 Å². The normalized spacial score (nSPS) is 16.2. The Morgan fingerprint density at radius 3 is 2.47 bits per heavy atom. The molecule has 3 rings (SSSR count). The van der Waals surface area contributed by atoms with Crippen molar-refractivity contribution in [1.29, 1.82) is 0 Å². The molecule has 176 valence electrons. The van der Waals surface area contributed by atoms with Crippen LogP contribution in [0.1, 0.15) is 43.5 Å². The van der Waals surface area contributed by atoms with Gasteiger partial charge >= 0.3 is 0 Å². The minimum absolute atomic E-state index is 0.0831. The van der Waals surface area contributed by atoms with E-state index < -0.39 is 14.1 Å². The maximum absolute atomic E-state index is 12.6. The van der Waals surface area contributed by atoms with Crippen molar-refractivity contribution in [1.82, 2.24) is 9.78 Å². The molecular weight excluding hydrogens is 416 g/mol. The van der Waals surface area contributed by atoms with Gasteiger partial charge in [-0.2, -0.15) is 5.10 Å². The molecule has 7 heteroatoms. The van der Waals surface area contributed by atoms with E-state index >= 15 is 0 Å². The molecule has 32 heavy (non-hydrogen) atoms.